The quantitative estimate of drug-likeness (QED) is 0.396. The fourth-order valence-electron chi connectivity index (χ4n) is 3.05. The van der Waals surface area contributed by atoms with Crippen molar-refractivity contribution in [2.24, 2.45) is 0 Å². The zero-order valence-corrected chi connectivity index (χ0v) is 17.4. The fraction of sp³-hybridized carbons (Fsp3) is 0.0800. The highest BCUT2D eigenvalue weighted by atomic mass is 19.1. The Balaban J connectivity index is 1.41. The van der Waals surface area contributed by atoms with E-state index in [2.05, 4.69) is 20.6 Å². The number of nitrogens with zero attached hydrogens (tertiary/aromatic N) is 2. The molecule has 3 aromatic carbocycles. The Morgan fingerprint density at radius 2 is 1.72 bits per heavy atom. The first kappa shape index (κ1) is 21.0. The second-order valence-corrected chi connectivity index (χ2v) is 6.89. The summed E-state index contributed by atoms with van der Waals surface area (Å²) in [5, 5.41) is 6.03. The average molecular weight is 428 g/mol. The highest BCUT2D eigenvalue weighted by molar-refractivity contribution is 6.04. The van der Waals surface area contributed by atoms with Crippen molar-refractivity contribution < 1.29 is 13.9 Å². The molecule has 2 N–H and O–H groups in total. The summed E-state index contributed by atoms with van der Waals surface area (Å²) in [5.74, 6) is 1.18. The first-order chi connectivity index (χ1) is 15.6. The molecule has 1 amide bonds. The Kier molecular flexibility index (Phi) is 6.36. The van der Waals surface area contributed by atoms with Crippen molar-refractivity contribution in [1.82, 2.24) is 9.97 Å². The maximum Gasteiger partial charge on any atom is 0.255 e. The summed E-state index contributed by atoms with van der Waals surface area (Å²) in [6.07, 6.45) is 1.61. The minimum atomic E-state index is -0.344. The highest BCUT2D eigenvalue weighted by Crippen LogP contribution is 2.21. The molecule has 0 fully saturated rings. The number of hydrogen-bond acceptors (Lipinski definition) is 5. The molecule has 0 aliphatic carbocycles. The van der Waals surface area contributed by atoms with E-state index < -0.39 is 0 Å². The minimum absolute atomic E-state index is 0.212. The van der Waals surface area contributed by atoms with Crippen LogP contribution in [0.15, 0.2) is 85.1 Å². The van der Waals surface area contributed by atoms with Crippen molar-refractivity contribution in [2.75, 3.05) is 17.2 Å². The topological polar surface area (TPSA) is 76.1 Å². The van der Waals surface area contributed by atoms with Gasteiger partial charge < -0.3 is 15.4 Å². The highest BCUT2D eigenvalue weighted by Gasteiger charge is 2.08. The van der Waals surface area contributed by atoms with Gasteiger partial charge in [-0.3, -0.25) is 4.79 Å². The molecule has 0 aliphatic heterocycles. The van der Waals surface area contributed by atoms with Gasteiger partial charge in [0.05, 0.1) is 6.61 Å². The second kappa shape index (κ2) is 9.70. The number of amides is 1. The van der Waals surface area contributed by atoms with Crippen LogP contribution in [-0.4, -0.2) is 22.5 Å². The van der Waals surface area contributed by atoms with E-state index in [9.17, 15) is 9.18 Å². The summed E-state index contributed by atoms with van der Waals surface area (Å²) >= 11 is 0. The van der Waals surface area contributed by atoms with Crippen molar-refractivity contribution in [3.05, 3.63) is 96.4 Å². The summed E-state index contributed by atoms with van der Waals surface area (Å²) in [4.78, 5) is 21.2. The Bertz CT molecular complexity index is 1210. The maximum atomic E-state index is 13.5. The SMILES string of the molecule is CCOc1ccc(NC(=O)c2ccc(Nc3ccnc(-c4cccc(F)c4)n3)cc2)cc1. The Morgan fingerprint density at radius 3 is 2.44 bits per heavy atom. The second-order valence-electron chi connectivity index (χ2n) is 6.89. The lowest BCUT2D eigenvalue weighted by Crippen LogP contribution is -2.11. The lowest BCUT2D eigenvalue weighted by atomic mass is 10.2. The van der Waals surface area contributed by atoms with Crippen LogP contribution in [0.5, 0.6) is 5.75 Å². The molecule has 4 rings (SSSR count). The number of benzene rings is 3. The molecule has 7 heteroatoms. The molecule has 4 aromatic rings. The van der Waals surface area contributed by atoms with Crippen LogP contribution >= 0.6 is 0 Å². The van der Waals surface area contributed by atoms with Crippen LogP contribution < -0.4 is 15.4 Å². The Labute approximate surface area is 185 Å². The maximum absolute atomic E-state index is 13.5. The van der Waals surface area contributed by atoms with E-state index in [0.717, 1.165) is 11.4 Å². The van der Waals surface area contributed by atoms with Crippen molar-refractivity contribution in [2.45, 2.75) is 6.92 Å². The van der Waals surface area contributed by atoms with E-state index in [1.165, 1.54) is 12.1 Å². The zero-order valence-electron chi connectivity index (χ0n) is 17.4. The van der Waals surface area contributed by atoms with E-state index in [1.807, 2.05) is 19.1 Å². The molecule has 1 aromatic heterocycles. The fourth-order valence-corrected chi connectivity index (χ4v) is 3.05. The smallest absolute Gasteiger partial charge is 0.255 e. The summed E-state index contributed by atoms with van der Waals surface area (Å²) in [5.41, 5.74) is 2.56. The van der Waals surface area contributed by atoms with Crippen LogP contribution in [-0.2, 0) is 0 Å². The normalized spacial score (nSPS) is 10.4. The van der Waals surface area contributed by atoms with E-state index in [4.69, 9.17) is 4.74 Å². The standard InChI is InChI=1S/C25H21FN4O2/c1-2-32-22-12-10-21(11-13-22)29-25(31)17-6-8-20(9-7-17)28-23-14-15-27-24(30-23)18-4-3-5-19(26)16-18/h3-16H,2H2,1H3,(H,29,31)(H,27,28,30). The third kappa shape index (κ3) is 5.26. The van der Waals surface area contributed by atoms with Crippen LogP contribution in [0.25, 0.3) is 11.4 Å². The first-order valence-electron chi connectivity index (χ1n) is 10.1. The molecule has 0 saturated heterocycles. The van der Waals surface area contributed by atoms with E-state index in [-0.39, 0.29) is 11.7 Å². The molecule has 0 spiro atoms. The van der Waals surface area contributed by atoms with Gasteiger partial charge in [-0.15, -0.1) is 0 Å². The van der Waals surface area contributed by atoms with Crippen LogP contribution in [0.4, 0.5) is 21.6 Å². The van der Waals surface area contributed by atoms with Gasteiger partial charge >= 0.3 is 0 Å². The monoisotopic (exact) mass is 428 g/mol. The van der Waals surface area contributed by atoms with Gasteiger partial charge in [0.1, 0.15) is 17.4 Å². The van der Waals surface area contributed by atoms with Crippen molar-refractivity contribution in [3.63, 3.8) is 0 Å². The van der Waals surface area contributed by atoms with Crippen molar-refractivity contribution >= 4 is 23.1 Å². The number of rotatable bonds is 7. The van der Waals surface area contributed by atoms with Gasteiger partial charge in [-0.2, -0.15) is 0 Å². The van der Waals surface area contributed by atoms with Gasteiger partial charge in [-0.05, 0) is 73.7 Å². The van der Waals surface area contributed by atoms with Crippen LogP contribution in [0, 0.1) is 5.82 Å². The number of ether oxygens (including phenoxy) is 1. The number of carbonyl (C=O) groups is 1. The summed E-state index contributed by atoms with van der Waals surface area (Å²) in [7, 11) is 0. The molecule has 160 valence electrons. The number of carbonyl (C=O) groups excluding carboxylic acids is 1. The number of nitrogens with one attached hydrogen (secondary N) is 2. The third-order valence-corrected chi connectivity index (χ3v) is 4.58. The number of halogens is 1. The number of hydrogen-bond donors (Lipinski definition) is 2. The molecule has 1 heterocycles. The Hall–Kier alpha value is -4.26. The van der Waals surface area contributed by atoms with Crippen LogP contribution in [0.2, 0.25) is 0 Å². The zero-order chi connectivity index (χ0) is 22.3. The predicted octanol–water partition coefficient (Wildman–Crippen LogP) is 5.68. The van der Waals surface area contributed by atoms with Gasteiger partial charge in [0.25, 0.3) is 5.91 Å². The van der Waals surface area contributed by atoms with E-state index in [0.29, 0.717) is 35.1 Å². The third-order valence-electron chi connectivity index (χ3n) is 4.58. The molecule has 0 aliphatic rings. The lowest BCUT2D eigenvalue weighted by molar-refractivity contribution is 0.102. The molecule has 0 atom stereocenters. The van der Waals surface area contributed by atoms with Crippen molar-refractivity contribution in [1.29, 1.82) is 0 Å². The first-order valence-corrected chi connectivity index (χ1v) is 10.1. The number of anilines is 3. The molecule has 0 radical (unpaired) electrons. The van der Waals surface area contributed by atoms with Gasteiger partial charge in [0, 0.05) is 28.7 Å². The molecule has 0 bridgehead atoms. The summed E-state index contributed by atoms with van der Waals surface area (Å²) in [6, 6.07) is 22.1. The molecule has 0 saturated carbocycles. The van der Waals surface area contributed by atoms with Gasteiger partial charge in [-0.25, -0.2) is 14.4 Å². The number of aromatic nitrogens is 2. The largest absolute Gasteiger partial charge is 0.494 e. The Morgan fingerprint density at radius 1 is 0.969 bits per heavy atom. The van der Waals surface area contributed by atoms with Crippen molar-refractivity contribution in [3.8, 4) is 17.1 Å². The van der Waals surface area contributed by atoms with Crippen LogP contribution in [0.3, 0.4) is 0 Å². The lowest BCUT2D eigenvalue weighted by Gasteiger charge is -2.09. The molecule has 0 unspecified atom stereocenters. The van der Waals surface area contributed by atoms with E-state index in [1.54, 1.807) is 60.8 Å². The molecular formula is C25H21FN4O2. The molecular weight excluding hydrogens is 407 g/mol. The summed E-state index contributed by atoms with van der Waals surface area (Å²) in [6.45, 7) is 2.51. The van der Waals surface area contributed by atoms with E-state index >= 15 is 0 Å². The van der Waals surface area contributed by atoms with Gasteiger partial charge in [0.2, 0.25) is 0 Å². The molecule has 6 nitrogen and oxygen atoms in total. The minimum Gasteiger partial charge on any atom is -0.494 e. The van der Waals surface area contributed by atoms with Gasteiger partial charge in [-0.1, -0.05) is 12.1 Å². The summed E-state index contributed by atoms with van der Waals surface area (Å²) < 4.78 is 18.9. The average Bonchev–Trinajstić information content (AvgIpc) is 2.81. The van der Waals surface area contributed by atoms with Crippen LogP contribution in [0.1, 0.15) is 17.3 Å². The predicted molar refractivity (Wildman–Crippen MR) is 123 cm³/mol. The van der Waals surface area contributed by atoms with Gasteiger partial charge in [0.15, 0.2) is 5.82 Å². The molecule has 32 heavy (non-hydrogen) atoms.